The molecule has 1 atom stereocenters. The van der Waals surface area contributed by atoms with Crippen molar-refractivity contribution in [2.75, 3.05) is 25.1 Å². The van der Waals surface area contributed by atoms with Crippen LogP contribution in [0.2, 0.25) is 0 Å². The molecule has 1 aromatic heterocycles. The van der Waals surface area contributed by atoms with Crippen molar-refractivity contribution in [3.63, 3.8) is 0 Å². The first kappa shape index (κ1) is 18.9. The molecule has 0 radical (unpaired) electrons. The van der Waals surface area contributed by atoms with Crippen molar-refractivity contribution in [3.8, 4) is 0 Å². The standard InChI is InChI=1S/C20H29N3O3/c1-3-25-13-14-26-15(2)19(24)22-20-21-17-11-7-8-12-18(17)23(20)16-9-5-4-6-10-16/h7-8,11-12,15-16H,3-6,9-10,13-14H2,1-2H3,(H,21,22,24). The van der Waals surface area contributed by atoms with Crippen LogP contribution in [0.1, 0.15) is 52.0 Å². The van der Waals surface area contributed by atoms with Crippen LogP contribution in [0.5, 0.6) is 0 Å². The average molecular weight is 359 g/mol. The SMILES string of the molecule is CCOCCOC(C)C(=O)Nc1nc2ccccc2n1C1CCCCC1. The van der Waals surface area contributed by atoms with Gasteiger partial charge in [0.25, 0.3) is 5.91 Å². The summed E-state index contributed by atoms with van der Waals surface area (Å²) in [5.41, 5.74) is 2.00. The van der Waals surface area contributed by atoms with Gasteiger partial charge in [-0.25, -0.2) is 4.98 Å². The smallest absolute Gasteiger partial charge is 0.255 e. The molecular formula is C20H29N3O3. The number of hydrogen-bond donors (Lipinski definition) is 1. The van der Waals surface area contributed by atoms with E-state index < -0.39 is 6.10 Å². The van der Waals surface area contributed by atoms with E-state index in [-0.39, 0.29) is 5.91 Å². The van der Waals surface area contributed by atoms with Gasteiger partial charge in [-0.2, -0.15) is 0 Å². The van der Waals surface area contributed by atoms with E-state index in [0.29, 0.717) is 31.8 Å². The number of ether oxygens (including phenoxy) is 2. The molecule has 142 valence electrons. The molecule has 0 saturated heterocycles. The van der Waals surface area contributed by atoms with Crippen LogP contribution in [0.25, 0.3) is 11.0 Å². The third-order valence-corrected chi connectivity index (χ3v) is 4.94. The van der Waals surface area contributed by atoms with Crippen molar-refractivity contribution >= 4 is 22.9 Å². The molecular weight excluding hydrogens is 330 g/mol. The quantitative estimate of drug-likeness (QED) is 0.726. The van der Waals surface area contributed by atoms with E-state index in [2.05, 4.69) is 20.9 Å². The summed E-state index contributed by atoms with van der Waals surface area (Å²) in [5.74, 6) is 0.456. The Bertz CT molecular complexity index is 722. The van der Waals surface area contributed by atoms with Gasteiger partial charge in [0.05, 0.1) is 24.2 Å². The second-order valence-corrected chi connectivity index (χ2v) is 6.79. The van der Waals surface area contributed by atoms with E-state index in [0.717, 1.165) is 23.9 Å². The third-order valence-electron chi connectivity index (χ3n) is 4.94. The van der Waals surface area contributed by atoms with Gasteiger partial charge in [-0.3, -0.25) is 10.1 Å². The van der Waals surface area contributed by atoms with Crippen LogP contribution in [-0.2, 0) is 14.3 Å². The molecule has 6 heteroatoms. The third kappa shape index (κ3) is 4.43. The van der Waals surface area contributed by atoms with E-state index in [9.17, 15) is 4.79 Å². The molecule has 1 heterocycles. The van der Waals surface area contributed by atoms with Gasteiger partial charge >= 0.3 is 0 Å². The highest BCUT2D eigenvalue weighted by Crippen LogP contribution is 2.34. The summed E-state index contributed by atoms with van der Waals surface area (Å²) in [4.78, 5) is 17.2. The number of anilines is 1. The number of amides is 1. The summed E-state index contributed by atoms with van der Waals surface area (Å²) in [6.07, 6.45) is 5.45. The summed E-state index contributed by atoms with van der Waals surface area (Å²) >= 11 is 0. The van der Waals surface area contributed by atoms with Gasteiger partial charge in [-0.1, -0.05) is 31.4 Å². The van der Waals surface area contributed by atoms with E-state index in [1.807, 2.05) is 25.1 Å². The molecule has 1 fully saturated rings. The van der Waals surface area contributed by atoms with Gasteiger partial charge in [0, 0.05) is 12.6 Å². The Morgan fingerprint density at radius 3 is 2.81 bits per heavy atom. The average Bonchev–Trinajstić information content (AvgIpc) is 3.03. The Labute approximate surface area is 154 Å². The molecule has 26 heavy (non-hydrogen) atoms. The molecule has 1 N–H and O–H groups in total. The molecule has 1 saturated carbocycles. The molecule has 0 bridgehead atoms. The first-order chi connectivity index (χ1) is 12.7. The number of hydrogen-bond acceptors (Lipinski definition) is 4. The number of nitrogens with zero attached hydrogens (tertiary/aromatic N) is 2. The number of imidazole rings is 1. The highest BCUT2D eigenvalue weighted by atomic mass is 16.5. The number of carbonyl (C=O) groups is 1. The Kier molecular flexibility index (Phi) is 6.63. The van der Waals surface area contributed by atoms with Crippen molar-refractivity contribution in [1.82, 2.24) is 9.55 Å². The van der Waals surface area contributed by atoms with Crippen molar-refractivity contribution in [2.24, 2.45) is 0 Å². The molecule has 1 aromatic carbocycles. The predicted octanol–water partition coefficient (Wildman–Crippen LogP) is 3.92. The lowest BCUT2D eigenvalue weighted by Crippen LogP contribution is -2.30. The molecule has 6 nitrogen and oxygen atoms in total. The molecule has 1 unspecified atom stereocenters. The highest BCUT2D eigenvalue weighted by molar-refractivity contribution is 5.94. The summed E-state index contributed by atoms with van der Waals surface area (Å²) in [5, 5.41) is 2.99. The van der Waals surface area contributed by atoms with Crippen molar-refractivity contribution < 1.29 is 14.3 Å². The zero-order valence-electron chi connectivity index (χ0n) is 15.7. The maximum absolute atomic E-state index is 12.6. The lowest BCUT2D eigenvalue weighted by molar-refractivity contribution is -0.127. The fourth-order valence-electron chi connectivity index (χ4n) is 3.56. The van der Waals surface area contributed by atoms with Crippen molar-refractivity contribution in [3.05, 3.63) is 24.3 Å². The van der Waals surface area contributed by atoms with Gasteiger partial charge in [-0.15, -0.1) is 0 Å². The fourth-order valence-corrected chi connectivity index (χ4v) is 3.56. The molecule has 0 aliphatic heterocycles. The molecule has 2 aromatic rings. The van der Waals surface area contributed by atoms with Crippen LogP contribution in [0.15, 0.2) is 24.3 Å². The van der Waals surface area contributed by atoms with Crippen LogP contribution < -0.4 is 5.32 Å². The molecule has 1 aliphatic carbocycles. The molecule has 1 aliphatic rings. The zero-order valence-corrected chi connectivity index (χ0v) is 15.7. The van der Waals surface area contributed by atoms with Crippen LogP contribution in [0.3, 0.4) is 0 Å². The number of benzene rings is 1. The number of rotatable bonds is 8. The summed E-state index contributed by atoms with van der Waals surface area (Å²) in [6.45, 7) is 5.24. The maximum Gasteiger partial charge on any atom is 0.255 e. The second-order valence-electron chi connectivity index (χ2n) is 6.79. The van der Waals surface area contributed by atoms with Gasteiger partial charge < -0.3 is 14.0 Å². The number of fused-ring (bicyclic) bond motifs is 1. The van der Waals surface area contributed by atoms with E-state index >= 15 is 0 Å². The minimum Gasteiger partial charge on any atom is -0.379 e. The fraction of sp³-hybridized carbons (Fsp3) is 0.600. The van der Waals surface area contributed by atoms with E-state index in [1.165, 1.54) is 19.3 Å². The van der Waals surface area contributed by atoms with Gasteiger partial charge in [0.2, 0.25) is 5.95 Å². The minimum absolute atomic E-state index is 0.172. The number of para-hydroxylation sites is 2. The Balaban J connectivity index is 1.75. The summed E-state index contributed by atoms with van der Waals surface area (Å²) in [7, 11) is 0. The number of aromatic nitrogens is 2. The summed E-state index contributed by atoms with van der Waals surface area (Å²) in [6, 6.07) is 8.46. The van der Waals surface area contributed by atoms with E-state index in [1.54, 1.807) is 6.92 Å². The van der Waals surface area contributed by atoms with Crippen molar-refractivity contribution in [2.45, 2.75) is 58.1 Å². The number of nitrogens with one attached hydrogen (secondary N) is 1. The van der Waals surface area contributed by atoms with Crippen LogP contribution in [0, 0.1) is 0 Å². The predicted molar refractivity (Wildman–Crippen MR) is 102 cm³/mol. The Morgan fingerprint density at radius 2 is 2.04 bits per heavy atom. The first-order valence-electron chi connectivity index (χ1n) is 9.68. The van der Waals surface area contributed by atoms with Gasteiger partial charge in [0.15, 0.2) is 0 Å². The highest BCUT2D eigenvalue weighted by Gasteiger charge is 2.23. The monoisotopic (exact) mass is 359 g/mol. The minimum atomic E-state index is -0.546. The van der Waals surface area contributed by atoms with Crippen LogP contribution in [0.4, 0.5) is 5.95 Å². The second kappa shape index (κ2) is 9.14. The van der Waals surface area contributed by atoms with Gasteiger partial charge in [0.1, 0.15) is 6.10 Å². The lowest BCUT2D eigenvalue weighted by atomic mass is 9.95. The van der Waals surface area contributed by atoms with Crippen LogP contribution >= 0.6 is 0 Å². The number of carbonyl (C=O) groups excluding carboxylic acids is 1. The lowest BCUT2D eigenvalue weighted by Gasteiger charge is -2.25. The topological polar surface area (TPSA) is 65.4 Å². The molecule has 1 amide bonds. The normalized spacial score (nSPS) is 16.7. The molecule has 0 spiro atoms. The summed E-state index contributed by atoms with van der Waals surface area (Å²) < 4.78 is 13.0. The van der Waals surface area contributed by atoms with E-state index in [4.69, 9.17) is 9.47 Å². The molecule has 3 rings (SSSR count). The maximum atomic E-state index is 12.6. The first-order valence-corrected chi connectivity index (χ1v) is 9.68. The Morgan fingerprint density at radius 1 is 1.27 bits per heavy atom. The zero-order chi connectivity index (χ0) is 18.4. The van der Waals surface area contributed by atoms with Crippen molar-refractivity contribution in [1.29, 1.82) is 0 Å². The largest absolute Gasteiger partial charge is 0.379 e. The Hall–Kier alpha value is -1.92. The van der Waals surface area contributed by atoms with Crippen LogP contribution in [-0.4, -0.2) is 41.4 Å². The van der Waals surface area contributed by atoms with Gasteiger partial charge in [-0.05, 0) is 38.8 Å².